The summed E-state index contributed by atoms with van der Waals surface area (Å²) in [6, 6.07) is 3.94. The Bertz CT molecular complexity index is 525. The molecular weight excluding hydrogens is 248 g/mol. The number of hydrogen-bond donors (Lipinski definition) is 0. The summed E-state index contributed by atoms with van der Waals surface area (Å²) in [6.07, 6.45) is 3.75. The SMILES string of the molecule is Cc1cc(OCCn2ccnc2C)cc(C)c1Cl. The molecule has 1 aromatic heterocycles. The van der Waals surface area contributed by atoms with Crippen LogP contribution in [-0.4, -0.2) is 16.2 Å². The molecule has 1 heterocycles. The van der Waals surface area contributed by atoms with Gasteiger partial charge in [-0.15, -0.1) is 0 Å². The number of imidazole rings is 1. The van der Waals surface area contributed by atoms with Crippen molar-refractivity contribution in [3.8, 4) is 5.75 Å². The lowest BCUT2D eigenvalue weighted by Crippen LogP contribution is -2.09. The molecule has 0 fully saturated rings. The smallest absolute Gasteiger partial charge is 0.120 e. The Morgan fingerprint density at radius 1 is 1.22 bits per heavy atom. The summed E-state index contributed by atoms with van der Waals surface area (Å²) in [7, 11) is 0. The van der Waals surface area contributed by atoms with Gasteiger partial charge in [0, 0.05) is 17.4 Å². The van der Waals surface area contributed by atoms with E-state index in [2.05, 4.69) is 9.55 Å². The Balaban J connectivity index is 1.97. The van der Waals surface area contributed by atoms with E-state index in [1.807, 2.05) is 39.1 Å². The van der Waals surface area contributed by atoms with Gasteiger partial charge < -0.3 is 9.30 Å². The number of hydrogen-bond acceptors (Lipinski definition) is 2. The Labute approximate surface area is 112 Å². The van der Waals surface area contributed by atoms with E-state index in [4.69, 9.17) is 16.3 Å². The molecule has 0 amide bonds. The number of ether oxygens (including phenoxy) is 1. The normalized spacial score (nSPS) is 10.7. The van der Waals surface area contributed by atoms with Crippen LogP contribution in [0.5, 0.6) is 5.75 Å². The largest absolute Gasteiger partial charge is 0.492 e. The summed E-state index contributed by atoms with van der Waals surface area (Å²) in [5.41, 5.74) is 2.09. The van der Waals surface area contributed by atoms with Crippen molar-refractivity contribution in [2.24, 2.45) is 0 Å². The predicted molar refractivity (Wildman–Crippen MR) is 73.4 cm³/mol. The monoisotopic (exact) mass is 264 g/mol. The van der Waals surface area contributed by atoms with Gasteiger partial charge in [-0.1, -0.05) is 11.6 Å². The van der Waals surface area contributed by atoms with Crippen LogP contribution in [0.15, 0.2) is 24.5 Å². The zero-order valence-electron chi connectivity index (χ0n) is 10.9. The predicted octanol–water partition coefficient (Wildman–Crippen LogP) is 3.54. The van der Waals surface area contributed by atoms with Crippen LogP contribution in [0.1, 0.15) is 17.0 Å². The summed E-state index contributed by atoms with van der Waals surface area (Å²) in [5, 5.41) is 0.813. The van der Waals surface area contributed by atoms with E-state index in [0.717, 1.165) is 34.3 Å². The molecule has 3 nitrogen and oxygen atoms in total. The fourth-order valence-electron chi connectivity index (χ4n) is 1.89. The van der Waals surface area contributed by atoms with E-state index in [0.29, 0.717) is 6.61 Å². The number of rotatable bonds is 4. The summed E-state index contributed by atoms with van der Waals surface area (Å²) < 4.78 is 7.81. The second-order valence-electron chi connectivity index (χ2n) is 4.39. The highest BCUT2D eigenvalue weighted by Gasteiger charge is 2.04. The van der Waals surface area contributed by atoms with Crippen molar-refractivity contribution in [1.29, 1.82) is 0 Å². The molecular formula is C14H17ClN2O. The topological polar surface area (TPSA) is 27.1 Å². The van der Waals surface area contributed by atoms with Crippen molar-refractivity contribution < 1.29 is 4.74 Å². The molecule has 0 unspecified atom stereocenters. The molecule has 2 aromatic rings. The molecule has 18 heavy (non-hydrogen) atoms. The molecule has 0 aliphatic heterocycles. The Hall–Kier alpha value is -1.48. The maximum absolute atomic E-state index is 6.12. The Morgan fingerprint density at radius 3 is 2.44 bits per heavy atom. The minimum Gasteiger partial charge on any atom is -0.492 e. The highest BCUT2D eigenvalue weighted by molar-refractivity contribution is 6.32. The maximum atomic E-state index is 6.12. The van der Waals surface area contributed by atoms with E-state index in [9.17, 15) is 0 Å². The zero-order valence-corrected chi connectivity index (χ0v) is 11.7. The number of nitrogens with zero attached hydrogens (tertiary/aromatic N) is 2. The summed E-state index contributed by atoms with van der Waals surface area (Å²) in [6.45, 7) is 7.38. The third kappa shape index (κ3) is 2.85. The van der Waals surface area contributed by atoms with Gasteiger partial charge in [0.05, 0.1) is 6.54 Å². The fourth-order valence-corrected chi connectivity index (χ4v) is 2.00. The van der Waals surface area contributed by atoms with Crippen LogP contribution >= 0.6 is 11.6 Å². The molecule has 0 radical (unpaired) electrons. The first-order chi connectivity index (χ1) is 8.58. The number of aromatic nitrogens is 2. The molecule has 0 atom stereocenters. The average molecular weight is 265 g/mol. The molecule has 0 aliphatic carbocycles. The van der Waals surface area contributed by atoms with Gasteiger partial charge in [-0.25, -0.2) is 4.98 Å². The fraction of sp³-hybridized carbons (Fsp3) is 0.357. The van der Waals surface area contributed by atoms with E-state index >= 15 is 0 Å². The molecule has 0 saturated carbocycles. The van der Waals surface area contributed by atoms with Crippen molar-refractivity contribution in [2.75, 3.05) is 6.61 Å². The molecule has 1 aromatic carbocycles. The maximum Gasteiger partial charge on any atom is 0.120 e. The molecule has 0 aliphatic rings. The quantitative estimate of drug-likeness (QED) is 0.845. The second-order valence-corrected chi connectivity index (χ2v) is 4.77. The third-order valence-electron chi connectivity index (χ3n) is 2.93. The zero-order chi connectivity index (χ0) is 13.1. The van der Waals surface area contributed by atoms with Gasteiger partial charge >= 0.3 is 0 Å². The standard InChI is InChI=1S/C14H17ClN2O/c1-10-8-13(9-11(2)14(10)15)18-7-6-17-5-4-16-12(17)3/h4-5,8-9H,6-7H2,1-3H3. The van der Waals surface area contributed by atoms with Gasteiger partial charge in [-0.05, 0) is 44.0 Å². The minimum atomic E-state index is 0.623. The van der Waals surface area contributed by atoms with Crippen LogP contribution in [0, 0.1) is 20.8 Å². The van der Waals surface area contributed by atoms with Gasteiger partial charge in [0.2, 0.25) is 0 Å². The number of aryl methyl sites for hydroxylation is 3. The molecule has 0 bridgehead atoms. The van der Waals surface area contributed by atoms with E-state index < -0.39 is 0 Å². The summed E-state index contributed by atoms with van der Waals surface area (Å²) in [4.78, 5) is 4.17. The first-order valence-corrected chi connectivity index (χ1v) is 6.33. The molecule has 0 N–H and O–H groups in total. The molecule has 96 valence electrons. The van der Waals surface area contributed by atoms with Gasteiger partial charge in [-0.3, -0.25) is 0 Å². The number of benzene rings is 1. The van der Waals surface area contributed by atoms with E-state index in [-0.39, 0.29) is 0 Å². The van der Waals surface area contributed by atoms with Gasteiger partial charge in [0.15, 0.2) is 0 Å². The van der Waals surface area contributed by atoms with Crippen molar-refractivity contribution in [1.82, 2.24) is 9.55 Å². The molecule has 0 saturated heterocycles. The Kier molecular flexibility index (Phi) is 3.92. The Morgan fingerprint density at radius 2 is 1.89 bits per heavy atom. The van der Waals surface area contributed by atoms with Crippen LogP contribution in [0.4, 0.5) is 0 Å². The highest BCUT2D eigenvalue weighted by Crippen LogP contribution is 2.25. The van der Waals surface area contributed by atoms with Crippen molar-refractivity contribution in [3.05, 3.63) is 46.5 Å². The van der Waals surface area contributed by atoms with Crippen molar-refractivity contribution in [3.63, 3.8) is 0 Å². The first kappa shape index (κ1) is 13.0. The molecule has 0 spiro atoms. The van der Waals surface area contributed by atoms with Crippen LogP contribution < -0.4 is 4.74 Å². The first-order valence-electron chi connectivity index (χ1n) is 5.95. The molecule has 2 rings (SSSR count). The van der Waals surface area contributed by atoms with E-state index in [1.54, 1.807) is 6.20 Å². The van der Waals surface area contributed by atoms with Gasteiger partial charge in [0.1, 0.15) is 18.2 Å². The van der Waals surface area contributed by atoms with Gasteiger partial charge in [0.25, 0.3) is 0 Å². The van der Waals surface area contributed by atoms with E-state index in [1.165, 1.54) is 0 Å². The summed E-state index contributed by atoms with van der Waals surface area (Å²) >= 11 is 6.12. The highest BCUT2D eigenvalue weighted by atomic mass is 35.5. The van der Waals surface area contributed by atoms with Crippen LogP contribution in [0.2, 0.25) is 5.02 Å². The van der Waals surface area contributed by atoms with Crippen molar-refractivity contribution in [2.45, 2.75) is 27.3 Å². The van der Waals surface area contributed by atoms with Gasteiger partial charge in [-0.2, -0.15) is 0 Å². The van der Waals surface area contributed by atoms with Crippen molar-refractivity contribution >= 4 is 11.6 Å². The minimum absolute atomic E-state index is 0.623. The molecule has 4 heteroatoms. The lowest BCUT2D eigenvalue weighted by atomic mass is 10.1. The average Bonchev–Trinajstić information content (AvgIpc) is 2.72. The second kappa shape index (κ2) is 5.44. The van der Waals surface area contributed by atoms with Crippen LogP contribution in [0.25, 0.3) is 0 Å². The van der Waals surface area contributed by atoms with Crippen LogP contribution in [0.3, 0.4) is 0 Å². The third-order valence-corrected chi connectivity index (χ3v) is 3.53. The van der Waals surface area contributed by atoms with Crippen LogP contribution in [-0.2, 0) is 6.54 Å². The lowest BCUT2D eigenvalue weighted by Gasteiger charge is -2.11. The number of halogens is 1. The lowest BCUT2D eigenvalue weighted by molar-refractivity contribution is 0.296. The summed E-state index contributed by atoms with van der Waals surface area (Å²) in [5.74, 6) is 1.87.